The van der Waals surface area contributed by atoms with E-state index in [0.717, 1.165) is 17.4 Å². The van der Waals surface area contributed by atoms with Crippen LogP contribution in [0.2, 0.25) is 0 Å². The van der Waals surface area contributed by atoms with Gasteiger partial charge in [-0.2, -0.15) is 8.78 Å². The molecule has 0 saturated heterocycles. The van der Waals surface area contributed by atoms with Crippen LogP contribution in [0.5, 0.6) is 5.75 Å². The zero-order chi connectivity index (χ0) is 15.4. The fraction of sp³-hybridized carbons (Fsp3) is 0.647. The van der Waals surface area contributed by atoms with E-state index in [2.05, 4.69) is 30.8 Å². The third kappa shape index (κ3) is 4.67. The molecular weight excluding hydrogens is 272 g/mol. The molecule has 1 N–H and O–H groups in total. The number of hydrogen-bond acceptors (Lipinski definition) is 2. The predicted octanol–water partition coefficient (Wildman–Crippen LogP) is 4.76. The Morgan fingerprint density at radius 2 is 1.76 bits per heavy atom. The van der Waals surface area contributed by atoms with Crippen molar-refractivity contribution in [2.24, 2.45) is 11.8 Å². The molecule has 0 aliphatic heterocycles. The second-order valence-corrected chi connectivity index (χ2v) is 6.30. The van der Waals surface area contributed by atoms with Gasteiger partial charge in [-0.25, -0.2) is 0 Å². The van der Waals surface area contributed by atoms with Gasteiger partial charge in [0.1, 0.15) is 5.75 Å². The highest BCUT2D eigenvalue weighted by atomic mass is 19.3. The first kappa shape index (κ1) is 16.2. The maximum atomic E-state index is 12.1. The van der Waals surface area contributed by atoms with Gasteiger partial charge in [-0.05, 0) is 55.7 Å². The summed E-state index contributed by atoms with van der Waals surface area (Å²) in [5.41, 5.74) is 1.10. The summed E-state index contributed by atoms with van der Waals surface area (Å²) in [7, 11) is 0. The number of halogens is 2. The number of hydrogen-bond donors (Lipinski definition) is 1. The van der Waals surface area contributed by atoms with Crippen molar-refractivity contribution < 1.29 is 13.5 Å². The van der Waals surface area contributed by atoms with Crippen LogP contribution in [-0.4, -0.2) is 12.7 Å². The zero-order valence-corrected chi connectivity index (χ0v) is 13.0. The first-order valence-corrected chi connectivity index (χ1v) is 7.76. The maximum absolute atomic E-state index is 12.1. The minimum atomic E-state index is -2.77. The van der Waals surface area contributed by atoms with Crippen molar-refractivity contribution in [3.8, 4) is 5.75 Å². The molecule has 0 aromatic heterocycles. The lowest BCUT2D eigenvalue weighted by Crippen LogP contribution is -2.37. The molecule has 1 aromatic rings. The van der Waals surface area contributed by atoms with Crippen LogP contribution in [0.15, 0.2) is 24.3 Å². The molecule has 1 aromatic carbocycles. The maximum Gasteiger partial charge on any atom is 0.387 e. The SMILES string of the molecule is CC(NC1CCC(C)C(C)C1)c1ccc(OC(F)F)cc1. The fourth-order valence-electron chi connectivity index (χ4n) is 3.09. The Morgan fingerprint density at radius 3 is 2.33 bits per heavy atom. The molecule has 1 aliphatic rings. The van der Waals surface area contributed by atoms with E-state index >= 15 is 0 Å². The van der Waals surface area contributed by atoms with Crippen LogP contribution >= 0.6 is 0 Å². The van der Waals surface area contributed by atoms with E-state index in [9.17, 15) is 8.78 Å². The van der Waals surface area contributed by atoms with Crippen LogP contribution in [-0.2, 0) is 0 Å². The molecule has 1 saturated carbocycles. The lowest BCUT2D eigenvalue weighted by atomic mass is 9.79. The highest BCUT2D eigenvalue weighted by Gasteiger charge is 2.25. The van der Waals surface area contributed by atoms with Crippen molar-refractivity contribution in [2.45, 2.75) is 58.7 Å². The van der Waals surface area contributed by atoms with Gasteiger partial charge in [0.15, 0.2) is 0 Å². The standard InChI is InChI=1S/C17H25F2NO/c1-11-4-7-15(10-12(11)2)20-13(3)14-5-8-16(9-6-14)21-17(18)19/h5-6,8-9,11-13,15,17,20H,4,7,10H2,1-3H3. The summed E-state index contributed by atoms with van der Waals surface area (Å²) in [5, 5.41) is 3.66. The number of rotatable bonds is 5. The van der Waals surface area contributed by atoms with Crippen LogP contribution in [0.3, 0.4) is 0 Å². The third-order valence-corrected chi connectivity index (χ3v) is 4.69. The molecule has 2 nitrogen and oxygen atoms in total. The topological polar surface area (TPSA) is 21.3 Å². The summed E-state index contributed by atoms with van der Waals surface area (Å²) in [6.45, 7) is 3.99. The molecule has 0 amide bonds. The molecule has 0 radical (unpaired) electrons. The van der Waals surface area contributed by atoms with Crippen molar-refractivity contribution in [1.82, 2.24) is 5.32 Å². The molecule has 4 unspecified atom stereocenters. The Kier molecular flexibility index (Phi) is 5.57. The first-order valence-electron chi connectivity index (χ1n) is 7.76. The van der Waals surface area contributed by atoms with Gasteiger partial charge in [-0.15, -0.1) is 0 Å². The average Bonchev–Trinajstić information content (AvgIpc) is 2.43. The number of benzene rings is 1. The quantitative estimate of drug-likeness (QED) is 0.845. The Labute approximate surface area is 125 Å². The van der Waals surface area contributed by atoms with Crippen molar-refractivity contribution in [1.29, 1.82) is 0 Å². The predicted molar refractivity (Wildman–Crippen MR) is 80.6 cm³/mol. The molecule has 1 fully saturated rings. The van der Waals surface area contributed by atoms with Crippen LogP contribution in [0.25, 0.3) is 0 Å². The van der Waals surface area contributed by atoms with Crippen molar-refractivity contribution in [3.05, 3.63) is 29.8 Å². The lowest BCUT2D eigenvalue weighted by Gasteiger charge is -2.34. The minimum Gasteiger partial charge on any atom is -0.435 e. The van der Waals surface area contributed by atoms with Gasteiger partial charge in [0, 0.05) is 12.1 Å². The van der Waals surface area contributed by atoms with E-state index in [0.29, 0.717) is 6.04 Å². The van der Waals surface area contributed by atoms with E-state index in [1.807, 2.05) is 12.1 Å². The summed E-state index contributed by atoms with van der Waals surface area (Å²) in [6.07, 6.45) is 3.69. The molecule has 4 atom stereocenters. The fourth-order valence-corrected chi connectivity index (χ4v) is 3.09. The summed E-state index contributed by atoms with van der Waals surface area (Å²) in [4.78, 5) is 0. The van der Waals surface area contributed by atoms with Crippen molar-refractivity contribution >= 4 is 0 Å². The number of nitrogens with one attached hydrogen (secondary N) is 1. The van der Waals surface area contributed by atoms with Crippen LogP contribution in [0, 0.1) is 11.8 Å². The molecule has 118 valence electrons. The van der Waals surface area contributed by atoms with Crippen LogP contribution in [0.1, 0.15) is 51.6 Å². The van der Waals surface area contributed by atoms with Gasteiger partial charge < -0.3 is 10.1 Å². The smallest absolute Gasteiger partial charge is 0.387 e. The van der Waals surface area contributed by atoms with Gasteiger partial charge in [-0.3, -0.25) is 0 Å². The summed E-state index contributed by atoms with van der Waals surface area (Å²) >= 11 is 0. The van der Waals surface area contributed by atoms with E-state index in [1.54, 1.807) is 12.1 Å². The van der Waals surface area contributed by atoms with Crippen LogP contribution in [0.4, 0.5) is 8.78 Å². The molecule has 1 aliphatic carbocycles. The van der Waals surface area contributed by atoms with Gasteiger partial charge >= 0.3 is 6.61 Å². The Hall–Kier alpha value is -1.16. The van der Waals surface area contributed by atoms with Gasteiger partial charge in [-0.1, -0.05) is 26.0 Å². The van der Waals surface area contributed by atoms with Gasteiger partial charge in [0.05, 0.1) is 0 Å². The third-order valence-electron chi connectivity index (χ3n) is 4.69. The summed E-state index contributed by atoms with van der Waals surface area (Å²) < 4.78 is 28.6. The van der Waals surface area contributed by atoms with Gasteiger partial charge in [0.25, 0.3) is 0 Å². The minimum absolute atomic E-state index is 0.209. The molecule has 4 heteroatoms. The largest absolute Gasteiger partial charge is 0.435 e. The molecule has 0 bridgehead atoms. The Balaban J connectivity index is 1.89. The Morgan fingerprint density at radius 1 is 1.10 bits per heavy atom. The van der Waals surface area contributed by atoms with Crippen molar-refractivity contribution in [3.63, 3.8) is 0 Å². The van der Waals surface area contributed by atoms with Crippen LogP contribution < -0.4 is 10.1 Å². The molecule has 0 spiro atoms. The monoisotopic (exact) mass is 297 g/mol. The molecule has 2 rings (SSSR count). The zero-order valence-electron chi connectivity index (χ0n) is 13.0. The highest BCUT2D eigenvalue weighted by molar-refractivity contribution is 5.29. The summed E-state index contributed by atoms with van der Waals surface area (Å²) in [6, 6.07) is 7.67. The van der Waals surface area contributed by atoms with E-state index < -0.39 is 6.61 Å². The van der Waals surface area contributed by atoms with Crippen molar-refractivity contribution in [2.75, 3.05) is 0 Å². The second-order valence-electron chi connectivity index (χ2n) is 6.30. The normalized spacial score (nSPS) is 27.6. The lowest BCUT2D eigenvalue weighted by molar-refractivity contribution is -0.0498. The Bertz CT molecular complexity index is 435. The highest BCUT2D eigenvalue weighted by Crippen LogP contribution is 2.30. The van der Waals surface area contributed by atoms with E-state index in [-0.39, 0.29) is 11.8 Å². The summed E-state index contributed by atoms with van der Waals surface area (Å²) in [5.74, 6) is 1.77. The van der Waals surface area contributed by atoms with E-state index in [1.165, 1.54) is 19.3 Å². The van der Waals surface area contributed by atoms with E-state index in [4.69, 9.17) is 0 Å². The number of alkyl halides is 2. The molecule has 21 heavy (non-hydrogen) atoms. The number of ether oxygens (including phenoxy) is 1. The first-order chi connectivity index (χ1) is 9.95. The molecular formula is C17H25F2NO. The average molecular weight is 297 g/mol. The molecule has 0 heterocycles. The second kappa shape index (κ2) is 7.21. The van der Waals surface area contributed by atoms with Gasteiger partial charge in [0.2, 0.25) is 0 Å².